The highest BCUT2D eigenvalue weighted by Crippen LogP contribution is 1.92. The maximum atomic E-state index is 10.9. The number of Topliss-reactive ketones (excluding diaryl/α,β-unsaturated/α-hetero) is 1. The summed E-state index contributed by atoms with van der Waals surface area (Å²) >= 11 is 3.79. The molecule has 0 spiro atoms. The second-order valence-corrected chi connectivity index (χ2v) is 2.89. The van der Waals surface area contributed by atoms with E-state index in [0.29, 0.717) is 6.42 Å². The molecule has 0 aromatic rings. The molecule has 0 bridgehead atoms. The Morgan fingerprint density at radius 1 is 1.42 bits per heavy atom. The SMILES string of the molecule is CCCCC(=O)NCC(=O)CS. The quantitative estimate of drug-likeness (QED) is 0.607. The van der Waals surface area contributed by atoms with Crippen LogP contribution in [0.15, 0.2) is 0 Å². The zero-order chi connectivity index (χ0) is 9.40. The summed E-state index contributed by atoms with van der Waals surface area (Å²) in [4.78, 5) is 21.6. The van der Waals surface area contributed by atoms with Crippen molar-refractivity contribution < 1.29 is 9.59 Å². The number of ketones is 1. The largest absolute Gasteiger partial charge is 0.349 e. The summed E-state index contributed by atoms with van der Waals surface area (Å²) in [7, 11) is 0. The third kappa shape index (κ3) is 6.22. The predicted molar refractivity (Wildman–Crippen MR) is 51.4 cm³/mol. The highest BCUT2D eigenvalue weighted by Gasteiger charge is 2.02. The van der Waals surface area contributed by atoms with Gasteiger partial charge in [-0.05, 0) is 6.42 Å². The summed E-state index contributed by atoms with van der Waals surface area (Å²) in [6.45, 7) is 2.14. The average molecular weight is 189 g/mol. The van der Waals surface area contributed by atoms with Crippen LogP contribution >= 0.6 is 12.6 Å². The molecular formula is C8H15NO2S. The number of thiol groups is 1. The van der Waals surface area contributed by atoms with Crippen LogP contribution in [-0.4, -0.2) is 24.0 Å². The topological polar surface area (TPSA) is 46.2 Å². The Bertz CT molecular complexity index is 159. The van der Waals surface area contributed by atoms with Crippen LogP contribution in [-0.2, 0) is 9.59 Å². The number of hydrogen-bond acceptors (Lipinski definition) is 3. The van der Waals surface area contributed by atoms with Crippen molar-refractivity contribution in [1.29, 1.82) is 0 Å². The molecule has 0 aliphatic rings. The molecule has 0 aromatic heterocycles. The first-order valence-electron chi connectivity index (χ1n) is 4.10. The van der Waals surface area contributed by atoms with E-state index in [0.717, 1.165) is 12.8 Å². The van der Waals surface area contributed by atoms with Crippen LogP contribution in [0, 0.1) is 0 Å². The second-order valence-electron chi connectivity index (χ2n) is 2.58. The van der Waals surface area contributed by atoms with Crippen molar-refractivity contribution in [2.24, 2.45) is 0 Å². The Morgan fingerprint density at radius 2 is 2.08 bits per heavy atom. The van der Waals surface area contributed by atoms with E-state index in [1.54, 1.807) is 0 Å². The van der Waals surface area contributed by atoms with Crippen LogP contribution in [0.5, 0.6) is 0 Å². The molecule has 3 nitrogen and oxygen atoms in total. The number of unbranched alkanes of at least 4 members (excludes halogenated alkanes) is 1. The van der Waals surface area contributed by atoms with Crippen molar-refractivity contribution in [3.63, 3.8) is 0 Å². The molecule has 0 atom stereocenters. The maximum absolute atomic E-state index is 10.9. The number of hydrogen-bond donors (Lipinski definition) is 2. The molecule has 0 aliphatic heterocycles. The smallest absolute Gasteiger partial charge is 0.220 e. The normalized spacial score (nSPS) is 9.50. The summed E-state index contributed by atoms with van der Waals surface area (Å²) in [5, 5.41) is 2.53. The molecule has 0 aliphatic carbocycles. The minimum Gasteiger partial charge on any atom is -0.349 e. The zero-order valence-electron chi connectivity index (χ0n) is 7.30. The van der Waals surface area contributed by atoms with Crippen molar-refractivity contribution >= 4 is 24.3 Å². The highest BCUT2D eigenvalue weighted by atomic mass is 32.1. The summed E-state index contributed by atoms with van der Waals surface area (Å²) in [6, 6.07) is 0. The third-order valence-corrected chi connectivity index (χ3v) is 1.77. The fourth-order valence-corrected chi connectivity index (χ4v) is 0.791. The Labute approximate surface area is 78.3 Å². The van der Waals surface area contributed by atoms with Gasteiger partial charge < -0.3 is 5.32 Å². The lowest BCUT2D eigenvalue weighted by molar-refractivity contribution is -0.124. The zero-order valence-corrected chi connectivity index (χ0v) is 8.19. The van der Waals surface area contributed by atoms with Gasteiger partial charge in [0.2, 0.25) is 5.91 Å². The van der Waals surface area contributed by atoms with Gasteiger partial charge in [0.15, 0.2) is 5.78 Å². The fourth-order valence-electron chi connectivity index (χ4n) is 0.679. The number of nitrogens with one attached hydrogen (secondary N) is 1. The van der Waals surface area contributed by atoms with Gasteiger partial charge in [-0.2, -0.15) is 12.6 Å². The predicted octanol–water partition coefficient (Wildman–Crippen LogP) is 0.792. The van der Waals surface area contributed by atoms with Crippen LogP contribution in [0.4, 0.5) is 0 Å². The Morgan fingerprint density at radius 3 is 2.58 bits per heavy atom. The van der Waals surface area contributed by atoms with Crippen molar-refractivity contribution in [3.8, 4) is 0 Å². The van der Waals surface area contributed by atoms with Gasteiger partial charge in [0, 0.05) is 6.42 Å². The Balaban J connectivity index is 3.37. The summed E-state index contributed by atoms with van der Waals surface area (Å²) in [6.07, 6.45) is 2.38. The van der Waals surface area contributed by atoms with E-state index in [4.69, 9.17) is 0 Å². The lowest BCUT2D eigenvalue weighted by Gasteiger charge is -2.01. The first kappa shape index (κ1) is 11.5. The molecular weight excluding hydrogens is 174 g/mol. The maximum Gasteiger partial charge on any atom is 0.220 e. The molecule has 0 heterocycles. The van der Waals surface area contributed by atoms with Gasteiger partial charge in [-0.25, -0.2) is 0 Å². The molecule has 0 radical (unpaired) electrons. The van der Waals surface area contributed by atoms with Crippen molar-refractivity contribution in [1.82, 2.24) is 5.32 Å². The molecule has 0 rings (SSSR count). The van der Waals surface area contributed by atoms with E-state index in [2.05, 4.69) is 17.9 Å². The lowest BCUT2D eigenvalue weighted by Crippen LogP contribution is -2.29. The van der Waals surface area contributed by atoms with Gasteiger partial charge in [-0.1, -0.05) is 13.3 Å². The highest BCUT2D eigenvalue weighted by molar-refractivity contribution is 7.81. The van der Waals surface area contributed by atoms with Crippen LogP contribution in [0.3, 0.4) is 0 Å². The van der Waals surface area contributed by atoms with E-state index in [1.165, 1.54) is 0 Å². The van der Waals surface area contributed by atoms with Gasteiger partial charge in [0.05, 0.1) is 12.3 Å². The molecule has 1 amide bonds. The fraction of sp³-hybridized carbons (Fsp3) is 0.750. The van der Waals surface area contributed by atoms with Crippen LogP contribution < -0.4 is 5.32 Å². The molecule has 0 fully saturated rings. The van der Waals surface area contributed by atoms with Crippen LogP contribution in [0.25, 0.3) is 0 Å². The number of rotatable bonds is 6. The first-order chi connectivity index (χ1) is 5.70. The van der Waals surface area contributed by atoms with Gasteiger partial charge in [-0.3, -0.25) is 9.59 Å². The minimum absolute atomic E-state index is 0.0491. The second kappa shape index (κ2) is 7.16. The first-order valence-corrected chi connectivity index (χ1v) is 4.73. The molecule has 0 saturated heterocycles. The number of carbonyl (C=O) groups is 2. The van der Waals surface area contributed by atoms with Gasteiger partial charge in [0.1, 0.15) is 0 Å². The van der Waals surface area contributed by atoms with E-state index in [9.17, 15) is 9.59 Å². The molecule has 0 aromatic carbocycles. The molecule has 70 valence electrons. The van der Waals surface area contributed by atoms with Gasteiger partial charge in [0.25, 0.3) is 0 Å². The van der Waals surface area contributed by atoms with Crippen molar-refractivity contribution in [2.45, 2.75) is 26.2 Å². The molecule has 0 saturated carbocycles. The van der Waals surface area contributed by atoms with E-state index < -0.39 is 0 Å². The molecule has 0 unspecified atom stereocenters. The van der Waals surface area contributed by atoms with Gasteiger partial charge >= 0.3 is 0 Å². The summed E-state index contributed by atoms with van der Waals surface area (Å²) in [5.74, 6) is 0.0869. The van der Waals surface area contributed by atoms with E-state index in [-0.39, 0.29) is 24.0 Å². The van der Waals surface area contributed by atoms with E-state index in [1.807, 2.05) is 6.92 Å². The Hall–Kier alpha value is -0.510. The molecule has 1 N–H and O–H groups in total. The molecule has 4 heteroatoms. The average Bonchev–Trinajstić information content (AvgIpc) is 2.10. The van der Waals surface area contributed by atoms with Crippen molar-refractivity contribution in [3.05, 3.63) is 0 Å². The minimum atomic E-state index is -0.0526. The van der Waals surface area contributed by atoms with E-state index >= 15 is 0 Å². The third-order valence-electron chi connectivity index (χ3n) is 1.42. The summed E-state index contributed by atoms with van der Waals surface area (Å²) < 4.78 is 0. The van der Waals surface area contributed by atoms with Crippen molar-refractivity contribution in [2.75, 3.05) is 12.3 Å². The number of carbonyl (C=O) groups excluding carboxylic acids is 2. The van der Waals surface area contributed by atoms with Crippen LogP contribution in [0.1, 0.15) is 26.2 Å². The van der Waals surface area contributed by atoms with Crippen LogP contribution in [0.2, 0.25) is 0 Å². The molecule has 12 heavy (non-hydrogen) atoms. The Kier molecular flexibility index (Phi) is 6.85. The van der Waals surface area contributed by atoms with Gasteiger partial charge in [-0.15, -0.1) is 0 Å². The monoisotopic (exact) mass is 189 g/mol. The standard InChI is InChI=1S/C8H15NO2S/c1-2-3-4-8(11)9-5-7(10)6-12/h12H,2-6H2,1H3,(H,9,11). The number of amides is 1. The lowest BCUT2D eigenvalue weighted by atomic mass is 10.2. The summed E-state index contributed by atoms with van der Waals surface area (Å²) in [5.41, 5.74) is 0.